The van der Waals surface area contributed by atoms with Crippen molar-refractivity contribution in [2.45, 2.75) is 103 Å². The average molecular weight is 419 g/mol. The Morgan fingerprint density at radius 1 is 0.552 bits per heavy atom. The molecule has 0 atom stereocenters. The van der Waals surface area contributed by atoms with Crippen LogP contribution in [0.2, 0.25) is 0 Å². The first-order valence-electron chi connectivity index (χ1n) is 12.1. The number of ether oxygens (including phenoxy) is 4. The third-order valence-corrected chi connectivity index (χ3v) is 5.08. The van der Waals surface area contributed by atoms with Crippen LogP contribution in [0.5, 0.6) is 0 Å². The Balaban J connectivity index is 3.30. The first-order chi connectivity index (χ1) is 14.1. The first-order valence-corrected chi connectivity index (χ1v) is 12.1. The molecule has 0 aromatic carbocycles. The predicted molar refractivity (Wildman–Crippen MR) is 121 cm³/mol. The standard InChI is InChI=1S/C24H50O5/c1-4-5-6-7-8-9-10-11-12-13-14-15-24(2,3)29-23-22-28-21-20-27-19-18-26-17-16-25/h25H,4-23H2,1-3H3. The summed E-state index contributed by atoms with van der Waals surface area (Å²) in [5, 5.41) is 8.58. The number of rotatable bonds is 24. The molecule has 0 spiro atoms. The lowest BCUT2D eigenvalue weighted by molar-refractivity contribution is -0.0586. The maximum atomic E-state index is 8.58. The van der Waals surface area contributed by atoms with E-state index < -0.39 is 0 Å². The third kappa shape index (κ3) is 23.9. The number of aliphatic hydroxyl groups is 1. The highest BCUT2D eigenvalue weighted by atomic mass is 16.6. The van der Waals surface area contributed by atoms with Crippen molar-refractivity contribution in [1.29, 1.82) is 0 Å². The summed E-state index contributed by atoms with van der Waals surface area (Å²) in [5.41, 5.74) is -0.0663. The van der Waals surface area contributed by atoms with E-state index in [1.165, 1.54) is 70.6 Å². The number of aliphatic hydroxyl groups excluding tert-OH is 1. The molecule has 0 aliphatic heterocycles. The molecule has 176 valence electrons. The van der Waals surface area contributed by atoms with Crippen LogP contribution in [0.1, 0.15) is 97.8 Å². The van der Waals surface area contributed by atoms with Gasteiger partial charge < -0.3 is 24.1 Å². The molecule has 0 radical (unpaired) electrons. The van der Waals surface area contributed by atoms with Crippen molar-refractivity contribution in [2.24, 2.45) is 0 Å². The zero-order chi connectivity index (χ0) is 21.5. The molecule has 0 unspecified atom stereocenters. The molecule has 5 heteroatoms. The fourth-order valence-corrected chi connectivity index (χ4v) is 3.27. The SMILES string of the molecule is CCCCCCCCCCCCCC(C)(C)OCCOCCOCCOCCO. The molecule has 5 nitrogen and oxygen atoms in total. The van der Waals surface area contributed by atoms with E-state index in [1.54, 1.807) is 0 Å². The van der Waals surface area contributed by atoms with Crippen molar-refractivity contribution >= 4 is 0 Å². The van der Waals surface area contributed by atoms with Gasteiger partial charge in [0.15, 0.2) is 0 Å². The quantitative estimate of drug-likeness (QED) is 0.209. The van der Waals surface area contributed by atoms with Gasteiger partial charge in [0.05, 0.1) is 58.5 Å². The second-order valence-corrected chi connectivity index (χ2v) is 8.45. The molecule has 0 bridgehead atoms. The maximum Gasteiger partial charge on any atom is 0.0707 e. The van der Waals surface area contributed by atoms with Crippen LogP contribution in [0.25, 0.3) is 0 Å². The van der Waals surface area contributed by atoms with Crippen LogP contribution in [-0.4, -0.2) is 63.6 Å². The summed E-state index contributed by atoms with van der Waals surface area (Å²) in [5.74, 6) is 0. The molecule has 0 fully saturated rings. The predicted octanol–water partition coefficient (Wildman–Crippen LogP) is 5.52. The van der Waals surface area contributed by atoms with Crippen molar-refractivity contribution in [3.05, 3.63) is 0 Å². The smallest absolute Gasteiger partial charge is 0.0707 e. The van der Waals surface area contributed by atoms with E-state index in [0.717, 1.165) is 6.42 Å². The Morgan fingerprint density at radius 2 is 0.966 bits per heavy atom. The fraction of sp³-hybridized carbons (Fsp3) is 1.00. The van der Waals surface area contributed by atoms with Gasteiger partial charge in [0, 0.05) is 0 Å². The molecule has 0 rings (SSSR count). The Labute approximate surface area is 180 Å². The lowest BCUT2D eigenvalue weighted by Crippen LogP contribution is -2.26. The lowest BCUT2D eigenvalue weighted by Gasteiger charge is -2.25. The van der Waals surface area contributed by atoms with Gasteiger partial charge in [0.25, 0.3) is 0 Å². The van der Waals surface area contributed by atoms with E-state index >= 15 is 0 Å². The summed E-state index contributed by atoms with van der Waals surface area (Å²) in [4.78, 5) is 0. The summed E-state index contributed by atoms with van der Waals surface area (Å²) in [6, 6.07) is 0. The van der Waals surface area contributed by atoms with Crippen LogP contribution in [0.3, 0.4) is 0 Å². The molecule has 0 amide bonds. The van der Waals surface area contributed by atoms with Gasteiger partial charge in [-0.1, -0.05) is 77.6 Å². The van der Waals surface area contributed by atoms with Crippen molar-refractivity contribution in [2.75, 3.05) is 52.9 Å². The molecular formula is C24H50O5. The van der Waals surface area contributed by atoms with Gasteiger partial charge in [-0.3, -0.25) is 0 Å². The molecule has 0 aromatic rings. The molecule has 1 N–H and O–H groups in total. The van der Waals surface area contributed by atoms with Gasteiger partial charge in [0.1, 0.15) is 0 Å². The molecule has 0 aliphatic rings. The zero-order valence-corrected chi connectivity index (χ0v) is 19.7. The van der Waals surface area contributed by atoms with E-state index in [9.17, 15) is 0 Å². The van der Waals surface area contributed by atoms with Crippen molar-refractivity contribution in [1.82, 2.24) is 0 Å². The average Bonchev–Trinajstić information content (AvgIpc) is 2.70. The second-order valence-electron chi connectivity index (χ2n) is 8.45. The summed E-state index contributed by atoms with van der Waals surface area (Å²) in [6.45, 7) is 10.5. The third-order valence-electron chi connectivity index (χ3n) is 5.08. The van der Waals surface area contributed by atoms with Crippen LogP contribution in [0.15, 0.2) is 0 Å². The van der Waals surface area contributed by atoms with Gasteiger partial charge in [-0.2, -0.15) is 0 Å². The zero-order valence-electron chi connectivity index (χ0n) is 19.7. The highest BCUT2D eigenvalue weighted by Gasteiger charge is 2.17. The topological polar surface area (TPSA) is 57.2 Å². The van der Waals surface area contributed by atoms with Crippen molar-refractivity contribution in [3.63, 3.8) is 0 Å². The van der Waals surface area contributed by atoms with Crippen molar-refractivity contribution < 1.29 is 24.1 Å². The minimum Gasteiger partial charge on any atom is -0.394 e. The maximum absolute atomic E-state index is 8.58. The fourth-order valence-electron chi connectivity index (χ4n) is 3.27. The van der Waals surface area contributed by atoms with Gasteiger partial charge in [-0.05, 0) is 20.3 Å². The lowest BCUT2D eigenvalue weighted by atomic mass is 9.99. The minimum absolute atomic E-state index is 0.0543. The molecule has 0 aliphatic carbocycles. The summed E-state index contributed by atoms with van der Waals surface area (Å²) in [7, 11) is 0. The van der Waals surface area contributed by atoms with Crippen molar-refractivity contribution in [3.8, 4) is 0 Å². The van der Waals surface area contributed by atoms with Gasteiger partial charge in [-0.25, -0.2) is 0 Å². The van der Waals surface area contributed by atoms with E-state index in [4.69, 9.17) is 24.1 Å². The van der Waals surface area contributed by atoms with Gasteiger partial charge in [-0.15, -0.1) is 0 Å². The first kappa shape index (κ1) is 28.8. The second kappa shape index (κ2) is 22.5. The van der Waals surface area contributed by atoms with E-state index in [2.05, 4.69) is 20.8 Å². The molecule has 0 heterocycles. The van der Waals surface area contributed by atoms with Crippen LogP contribution in [-0.2, 0) is 18.9 Å². The Hall–Kier alpha value is -0.200. The molecule has 0 saturated heterocycles. The van der Waals surface area contributed by atoms with E-state index in [0.29, 0.717) is 46.2 Å². The van der Waals surface area contributed by atoms with Crippen LogP contribution < -0.4 is 0 Å². The Bertz CT molecular complexity index is 282. The van der Waals surface area contributed by atoms with Crippen LogP contribution in [0.4, 0.5) is 0 Å². The van der Waals surface area contributed by atoms with E-state index in [-0.39, 0.29) is 12.2 Å². The normalized spacial score (nSPS) is 12.0. The monoisotopic (exact) mass is 418 g/mol. The summed E-state index contributed by atoms with van der Waals surface area (Å²) >= 11 is 0. The van der Waals surface area contributed by atoms with Gasteiger partial charge in [0.2, 0.25) is 0 Å². The van der Waals surface area contributed by atoms with Crippen LogP contribution >= 0.6 is 0 Å². The molecular weight excluding hydrogens is 368 g/mol. The van der Waals surface area contributed by atoms with E-state index in [1.807, 2.05) is 0 Å². The van der Waals surface area contributed by atoms with Crippen LogP contribution in [0, 0.1) is 0 Å². The molecule has 0 saturated carbocycles. The van der Waals surface area contributed by atoms with Gasteiger partial charge >= 0.3 is 0 Å². The summed E-state index contributed by atoms with van der Waals surface area (Å²) in [6.07, 6.45) is 16.3. The largest absolute Gasteiger partial charge is 0.394 e. The number of unbranched alkanes of at least 4 members (excludes halogenated alkanes) is 10. The number of hydrogen-bond acceptors (Lipinski definition) is 5. The highest BCUT2D eigenvalue weighted by Crippen LogP contribution is 2.19. The molecule has 0 aromatic heterocycles. The Kier molecular flexibility index (Phi) is 22.3. The summed E-state index contributed by atoms with van der Waals surface area (Å²) < 4.78 is 22.0. The number of hydrogen-bond donors (Lipinski definition) is 1. The minimum atomic E-state index is -0.0663. The highest BCUT2D eigenvalue weighted by molar-refractivity contribution is 4.68. The molecule has 29 heavy (non-hydrogen) atoms. The Morgan fingerprint density at radius 3 is 1.45 bits per heavy atom.